The van der Waals surface area contributed by atoms with Crippen LogP contribution in [0.4, 0.5) is 0 Å². The number of hydrogen-bond donors (Lipinski definition) is 9. The number of phosphoric acid groups is 1. The Morgan fingerprint density at radius 1 is 0.811 bits per heavy atom. The van der Waals surface area contributed by atoms with Crippen LogP contribution in [0.5, 0.6) is 5.75 Å². The third-order valence-electron chi connectivity index (χ3n) is 19.3. The zero-order valence-electron chi connectivity index (χ0n) is 52.5. The number of primary amides is 6. The van der Waals surface area contributed by atoms with Crippen LogP contribution in [-0.4, -0.2) is 124 Å². The fourth-order valence-corrected chi connectivity index (χ4v) is 15.6. The zero-order chi connectivity index (χ0) is 66.7. The molecule has 6 heterocycles. The van der Waals surface area contributed by atoms with Crippen LogP contribution in [0.1, 0.15) is 139 Å². The van der Waals surface area contributed by atoms with Crippen molar-refractivity contribution in [1.82, 2.24) is 5.32 Å². The molecule has 494 valence electrons. The number of aliphatic imine (C=N–C) groups is 3. The summed E-state index contributed by atoms with van der Waals surface area (Å²) in [7, 11) is -5.30. The molecule has 15 N–H and O–H groups in total. The quantitative estimate of drug-likeness (QED) is 0.0452. The average Bonchev–Trinajstić information content (AvgIpc) is 1.53. The molecule has 15 atom stereocenters. The maximum Gasteiger partial charge on any atom is 3.00 e. The van der Waals surface area contributed by atoms with E-state index in [4.69, 9.17) is 85.1 Å². The van der Waals surface area contributed by atoms with Crippen molar-refractivity contribution >= 4 is 66.3 Å². The van der Waals surface area contributed by atoms with Gasteiger partial charge in [0.05, 0.1) is 30.0 Å². The van der Waals surface area contributed by atoms with Crippen molar-refractivity contribution in [3.8, 4) is 5.75 Å². The fraction of sp³-hybridized carbons (Fsp3) is 0.623. The third-order valence-corrected chi connectivity index (χ3v) is 20.4. The van der Waals surface area contributed by atoms with Gasteiger partial charge in [0.25, 0.3) is 7.82 Å². The fourth-order valence-electron chi connectivity index (χ4n) is 14.4. The van der Waals surface area contributed by atoms with Gasteiger partial charge in [-0.3, -0.25) is 53.1 Å². The van der Waals surface area contributed by atoms with Crippen molar-refractivity contribution in [1.29, 1.82) is 5.26 Å². The first-order chi connectivity index (χ1) is 41.4. The van der Waals surface area contributed by atoms with Crippen molar-refractivity contribution in [3.05, 3.63) is 76.0 Å². The van der Waals surface area contributed by atoms with E-state index >= 15 is 0 Å². The Labute approximate surface area is 534 Å². The van der Waals surface area contributed by atoms with E-state index in [1.165, 1.54) is 6.92 Å². The van der Waals surface area contributed by atoms with E-state index < -0.39 is 143 Å². The van der Waals surface area contributed by atoms with Crippen molar-refractivity contribution in [2.45, 2.75) is 182 Å². The topological polar surface area (TPSA) is 480 Å². The number of rotatable bonds is 27. The molecule has 1 aromatic rings. The number of aliphatic hydroxyl groups excluding tert-OH is 2. The van der Waals surface area contributed by atoms with Gasteiger partial charge in [-0.2, -0.15) is 11.4 Å². The van der Waals surface area contributed by atoms with Crippen LogP contribution in [0, 0.1) is 64.1 Å². The minimum absolute atomic E-state index is 0. The third kappa shape index (κ3) is 15.3. The molecule has 0 radical (unpaired) electrons. The van der Waals surface area contributed by atoms with E-state index in [2.05, 4.69) is 5.32 Å². The van der Waals surface area contributed by atoms with Crippen molar-refractivity contribution in [2.75, 3.05) is 13.2 Å². The number of amides is 7. The van der Waals surface area contributed by atoms with E-state index in [0.29, 0.717) is 51.1 Å². The molecule has 0 aliphatic carbocycles. The normalized spacial score (nSPS) is 33.7. The van der Waals surface area contributed by atoms with Crippen LogP contribution in [0.2, 0.25) is 0 Å². The Morgan fingerprint density at radius 2 is 1.38 bits per heavy atom. The number of phosphoric ester groups is 1. The minimum atomic E-state index is -5.30. The number of benzene rings is 1. The van der Waals surface area contributed by atoms with Gasteiger partial charge < -0.3 is 90.5 Å². The molecule has 7 rings (SSSR count). The number of fused-ring (bicyclic) bond motifs is 6. The van der Waals surface area contributed by atoms with Gasteiger partial charge in [0.2, 0.25) is 47.6 Å². The summed E-state index contributed by atoms with van der Waals surface area (Å²) < 4.78 is 35.3. The van der Waals surface area contributed by atoms with E-state index in [-0.39, 0.29) is 94.0 Å². The van der Waals surface area contributed by atoms with Gasteiger partial charge in [0, 0.05) is 103 Å². The van der Waals surface area contributed by atoms with Gasteiger partial charge in [0.1, 0.15) is 24.1 Å². The summed E-state index contributed by atoms with van der Waals surface area (Å²) in [5, 5.41) is 35.5. The van der Waals surface area contributed by atoms with Crippen molar-refractivity contribution in [3.63, 3.8) is 0 Å². The van der Waals surface area contributed by atoms with Gasteiger partial charge in [-0.25, -0.2) is 0 Å². The van der Waals surface area contributed by atoms with Gasteiger partial charge in [-0.1, -0.05) is 58.4 Å². The Bertz CT molecular complexity index is 3240. The van der Waals surface area contributed by atoms with Crippen LogP contribution < -0.4 is 49.3 Å². The maximum absolute atomic E-state index is 14.3. The van der Waals surface area contributed by atoms with Gasteiger partial charge in [-0.15, -0.1) is 0 Å². The number of aliphatic hydroxyl groups is 2. The smallest absolute Gasteiger partial charge is 0.756 e. The molecule has 0 spiro atoms. The molecule has 27 nitrogen and oxygen atoms in total. The summed E-state index contributed by atoms with van der Waals surface area (Å²) >= 11 is 0. The first-order valence-corrected chi connectivity index (χ1v) is 31.1. The molecule has 29 heteroatoms. The molecular formula is C61H86CoN12O15P. The van der Waals surface area contributed by atoms with Gasteiger partial charge >= 0.3 is 16.8 Å². The maximum atomic E-state index is 14.3. The Kier molecular flexibility index (Phi) is 23.8. The zero-order valence-corrected chi connectivity index (χ0v) is 54.5. The second-order valence-corrected chi connectivity index (χ2v) is 27.1. The molecule has 1 aromatic carbocycles. The van der Waals surface area contributed by atoms with Crippen LogP contribution in [0.15, 0.2) is 73.6 Å². The molecule has 2 saturated heterocycles. The number of ether oxygens (including phenoxy) is 2. The Morgan fingerprint density at radius 3 is 1.92 bits per heavy atom. The number of allylic oxidation sites excluding steroid dienone is 6. The van der Waals surface area contributed by atoms with Crippen LogP contribution in [-0.2, 0) is 68.7 Å². The molecule has 0 saturated carbocycles. The van der Waals surface area contributed by atoms with Crippen molar-refractivity contribution in [2.24, 2.45) is 94.7 Å². The predicted molar refractivity (Wildman–Crippen MR) is 324 cm³/mol. The first kappa shape index (κ1) is 74.1. The van der Waals surface area contributed by atoms with E-state index in [1.807, 2.05) is 54.5 Å². The number of nitrogens with two attached hydrogens (primary N) is 6. The Hall–Kier alpha value is -6.67. The Balaban J connectivity index is 0.00000486. The van der Waals surface area contributed by atoms with E-state index in [0.717, 1.165) is 5.56 Å². The summed E-state index contributed by atoms with van der Waals surface area (Å²) in [5.41, 5.74) is 34.4. The second-order valence-electron chi connectivity index (χ2n) is 25.8. The largest absolute Gasteiger partial charge is 3.00 e. The summed E-state index contributed by atoms with van der Waals surface area (Å²) in [6.07, 6.45) is -6.57. The first-order valence-electron chi connectivity index (χ1n) is 29.6. The summed E-state index contributed by atoms with van der Waals surface area (Å²) in [4.78, 5) is 123. The molecule has 1 unspecified atom stereocenters. The average molecular weight is 1320 g/mol. The second kappa shape index (κ2) is 28.9. The molecule has 8 bridgehead atoms. The number of nitrogens with zero attached hydrogens (tertiary/aromatic N) is 5. The van der Waals surface area contributed by atoms with Gasteiger partial charge in [0.15, 0.2) is 0 Å². The molecular weight excluding hydrogens is 1230 g/mol. The van der Waals surface area contributed by atoms with Crippen molar-refractivity contribution < 1.29 is 88.5 Å². The molecule has 90 heavy (non-hydrogen) atoms. The number of carbonyl (C=O) groups excluding carboxylic acids is 7. The number of carbonyl (C=O) groups is 7. The van der Waals surface area contributed by atoms with Crippen LogP contribution >= 0.6 is 7.82 Å². The number of hydrogen-bond acceptors (Lipinski definition) is 19. The number of nitrogens with one attached hydrogen (secondary N) is 1. The van der Waals surface area contributed by atoms with Gasteiger partial charge in [-0.05, 0) is 94.9 Å². The van der Waals surface area contributed by atoms with E-state index in [9.17, 15) is 53.2 Å². The SMILES string of the molecule is C/C1=C2/[N-]/C(=C\C3=NC(=C(/C)C4=N[C@@](C)([C@@H]5N=C1[C@](C)(CCC(=O)NC[C@H](C)OP(=O)([O-])O[C@H]1[C@@H](O)[C@@H](Oc6ccc(C)cc6)O[C@@H]1CO)[C@H]5CC(N)=O)[C@@](C)(CC(N)=O)[C@@H]4CCC(N)=O)/[C@@](C)(CC(N)=O)[C@@H]3CCC(N)=O)C(C)(C)[C@@H]2CCC(N)=O.[C-]#N.[Co+3]. The molecule has 0 aromatic heterocycles. The monoisotopic (exact) mass is 1320 g/mol. The van der Waals surface area contributed by atoms with E-state index in [1.54, 1.807) is 38.1 Å². The molecule has 6 aliphatic rings. The number of aryl methyl sites for hydroxylation is 1. The van der Waals surface area contributed by atoms with Crippen LogP contribution in [0.25, 0.3) is 5.32 Å². The summed E-state index contributed by atoms with van der Waals surface area (Å²) in [6.45, 7) is 21.7. The summed E-state index contributed by atoms with van der Waals surface area (Å²) in [5.74, 6) is -7.10. The predicted octanol–water partition coefficient (Wildman–Crippen LogP) is 2.96. The van der Waals surface area contributed by atoms with Crippen LogP contribution in [0.3, 0.4) is 0 Å². The molecule has 7 amide bonds. The standard InChI is InChI=1S/C60H88N11O15P.CN.Co/c1-29-11-13-33(14-12-29)83-55-50(80)51(39(28-72)84-55)86-87(81,82)85-30(2)27-67-47(79)21-22-57(7)37(23-44(64)76)54-60(10)59(9,26-46(66)78)36(17-20-43(63)75)49(71-60)32(4)53-58(8,25-45(65)77)34(15-18-41(61)73)38(68-53)24-40-56(5,6)35(16-19-42(62)74)48(69-40)31(3)52(57)70-54;1-2;/h11-14,24,30,34-37,39,50-51,54-55,72,80H,15-23,25-28H2,1-10H3,(H15,61,62,63,64,65,66,67,68,69,70,71,73,74,75,76,77,78,79,81,82);;/q;-1;+3/p-2/t30-,34+,35+,36+,37-,39+,50+,51+,54+,55-,57+,58-,59-,60-;;/m0../s1. The minimum Gasteiger partial charge on any atom is -0.756 e. The molecule has 2 fully saturated rings. The molecule has 6 aliphatic heterocycles. The summed E-state index contributed by atoms with van der Waals surface area (Å²) in [6, 6.07) is 5.71.